The van der Waals surface area contributed by atoms with Gasteiger partial charge in [0.2, 0.25) is 5.91 Å². The molecule has 0 aromatic rings. The fourth-order valence-corrected chi connectivity index (χ4v) is 3.26. The summed E-state index contributed by atoms with van der Waals surface area (Å²) in [5, 5.41) is 5.09. The van der Waals surface area contributed by atoms with Crippen LogP contribution in [0.1, 0.15) is 26.7 Å². The molecular weight excluding hydrogens is 240 g/mol. The predicted octanol–water partition coefficient (Wildman–Crippen LogP) is 0.962. The zero-order chi connectivity index (χ0) is 13.4. The highest BCUT2D eigenvalue weighted by Gasteiger charge is 2.40. The van der Waals surface area contributed by atoms with Gasteiger partial charge in [0.1, 0.15) is 0 Å². The molecule has 0 spiro atoms. The van der Waals surface area contributed by atoms with Gasteiger partial charge < -0.3 is 5.32 Å². The molecule has 0 radical (unpaired) electrons. The quantitative estimate of drug-likeness (QED) is 0.727. The first kappa shape index (κ1) is 12.4. The van der Waals surface area contributed by atoms with Crippen LogP contribution in [0.3, 0.4) is 0 Å². The summed E-state index contributed by atoms with van der Waals surface area (Å²) in [6.45, 7) is 4.99. The minimum Gasteiger partial charge on any atom is -0.352 e. The highest BCUT2D eigenvalue weighted by atomic mass is 16.1. The van der Waals surface area contributed by atoms with Gasteiger partial charge in [-0.1, -0.05) is 13.0 Å². The molecule has 3 unspecified atom stereocenters. The Labute approximate surface area is 113 Å². The standard InChI is InChI=1S/C14H20N4O/c1-3-16-18-8-10-7-12(19)17-9(2)13(10)11-5-4-6-15-14(11)18/h5-6,8-9,13-14,16H,3-4,7H2,1-2H3,(H,17,19). The van der Waals surface area contributed by atoms with E-state index in [9.17, 15) is 4.79 Å². The molecule has 1 saturated heterocycles. The van der Waals surface area contributed by atoms with E-state index in [-0.39, 0.29) is 18.1 Å². The molecule has 3 atom stereocenters. The lowest BCUT2D eigenvalue weighted by Crippen LogP contribution is -2.54. The number of aliphatic imine (C=N–C) groups is 1. The van der Waals surface area contributed by atoms with Crippen molar-refractivity contribution in [2.24, 2.45) is 10.9 Å². The van der Waals surface area contributed by atoms with E-state index in [0.717, 1.165) is 13.0 Å². The first-order chi connectivity index (χ1) is 9.20. The maximum Gasteiger partial charge on any atom is 0.224 e. The van der Waals surface area contributed by atoms with Gasteiger partial charge in [0.15, 0.2) is 6.17 Å². The van der Waals surface area contributed by atoms with Crippen LogP contribution in [0.4, 0.5) is 0 Å². The van der Waals surface area contributed by atoms with E-state index in [1.807, 2.05) is 11.2 Å². The van der Waals surface area contributed by atoms with Crippen LogP contribution in [0.2, 0.25) is 0 Å². The van der Waals surface area contributed by atoms with Crippen LogP contribution < -0.4 is 10.7 Å². The number of amides is 1. The van der Waals surface area contributed by atoms with Crippen molar-refractivity contribution in [3.05, 3.63) is 23.4 Å². The van der Waals surface area contributed by atoms with Crippen molar-refractivity contribution < 1.29 is 4.79 Å². The molecule has 3 aliphatic heterocycles. The Morgan fingerprint density at radius 2 is 2.42 bits per heavy atom. The number of hydrogen-bond donors (Lipinski definition) is 2. The van der Waals surface area contributed by atoms with E-state index >= 15 is 0 Å². The summed E-state index contributed by atoms with van der Waals surface area (Å²) < 4.78 is 0. The summed E-state index contributed by atoms with van der Waals surface area (Å²) in [5.74, 6) is 0.417. The lowest BCUT2D eigenvalue weighted by atomic mass is 9.77. The summed E-state index contributed by atoms with van der Waals surface area (Å²) in [5.41, 5.74) is 5.82. The van der Waals surface area contributed by atoms with Crippen LogP contribution >= 0.6 is 0 Å². The van der Waals surface area contributed by atoms with Gasteiger partial charge in [0, 0.05) is 37.3 Å². The number of allylic oxidation sites excluding steroid dienone is 1. The van der Waals surface area contributed by atoms with Gasteiger partial charge in [-0.25, -0.2) is 5.43 Å². The normalized spacial score (nSPS) is 33.1. The minimum absolute atomic E-state index is 0.0416. The minimum atomic E-state index is 0.0416. The number of hydrazine groups is 1. The number of nitrogens with zero attached hydrogens (tertiary/aromatic N) is 2. The van der Waals surface area contributed by atoms with Gasteiger partial charge in [-0.2, -0.15) is 0 Å². The number of fused-ring (bicyclic) bond motifs is 3. The summed E-state index contributed by atoms with van der Waals surface area (Å²) in [6, 6.07) is 0.151. The van der Waals surface area contributed by atoms with Crippen LogP contribution in [0.25, 0.3) is 0 Å². The van der Waals surface area contributed by atoms with Crippen molar-refractivity contribution in [2.75, 3.05) is 6.54 Å². The third-order valence-corrected chi connectivity index (χ3v) is 3.92. The number of dihydropyridines is 1. The Morgan fingerprint density at radius 1 is 1.58 bits per heavy atom. The van der Waals surface area contributed by atoms with Crippen molar-refractivity contribution in [2.45, 2.75) is 38.9 Å². The third kappa shape index (κ3) is 2.08. The molecule has 3 aliphatic rings. The summed E-state index contributed by atoms with van der Waals surface area (Å²) in [6.07, 6.45) is 7.71. The number of carbonyl (C=O) groups is 1. The molecule has 1 fully saturated rings. The number of piperidine rings is 1. The zero-order valence-corrected chi connectivity index (χ0v) is 11.4. The van der Waals surface area contributed by atoms with E-state index in [0.29, 0.717) is 12.3 Å². The number of carbonyl (C=O) groups excluding carboxylic acids is 1. The molecule has 0 bridgehead atoms. The molecular formula is C14H20N4O. The van der Waals surface area contributed by atoms with Crippen molar-refractivity contribution >= 4 is 12.1 Å². The average Bonchev–Trinajstić information content (AvgIpc) is 2.38. The predicted molar refractivity (Wildman–Crippen MR) is 74.3 cm³/mol. The second kappa shape index (κ2) is 4.81. The Hall–Kier alpha value is -1.62. The molecule has 3 rings (SSSR count). The van der Waals surface area contributed by atoms with E-state index in [4.69, 9.17) is 0 Å². The van der Waals surface area contributed by atoms with Crippen molar-refractivity contribution in [3.63, 3.8) is 0 Å². The molecule has 0 aromatic heterocycles. The molecule has 3 heterocycles. The van der Waals surface area contributed by atoms with Crippen LogP contribution in [0.15, 0.2) is 28.4 Å². The summed E-state index contributed by atoms with van der Waals surface area (Å²) in [7, 11) is 0. The summed E-state index contributed by atoms with van der Waals surface area (Å²) >= 11 is 0. The third-order valence-electron chi connectivity index (χ3n) is 3.92. The van der Waals surface area contributed by atoms with Crippen LogP contribution in [-0.2, 0) is 4.79 Å². The Morgan fingerprint density at radius 3 is 3.21 bits per heavy atom. The van der Waals surface area contributed by atoms with Gasteiger partial charge >= 0.3 is 0 Å². The van der Waals surface area contributed by atoms with Crippen LogP contribution in [-0.4, -0.2) is 35.9 Å². The molecule has 102 valence electrons. The highest BCUT2D eigenvalue weighted by molar-refractivity contribution is 5.81. The monoisotopic (exact) mass is 260 g/mol. The summed E-state index contributed by atoms with van der Waals surface area (Å²) in [4.78, 5) is 16.3. The van der Waals surface area contributed by atoms with E-state index in [1.165, 1.54) is 11.1 Å². The Balaban J connectivity index is 2.00. The highest BCUT2D eigenvalue weighted by Crippen LogP contribution is 2.38. The van der Waals surface area contributed by atoms with E-state index < -0.39 is 0 Å². The molecule has 0 aliphatic carbocycles. The van der Waals surface area contributed by atoms with Crippen LogP contribution in [0, 0.1) is 5.92 Å². The molecule has 0 saturated carbocycles. The van der Waals surface area contributed by atoms with Gasteiger partial charge in [0.25, 0.3) is 0 Å². The first-order valence-electron chi connectivity index (χ1n) is 6.94. The van der Waals surface area contributed by atoms with Crippen molar-refractivity contribution in [1.29, 1.82) is 0 Å². The van der Waals surface area contributed by atoms with E-state index in [2.05, 4.69) is 41.9 Å². The Bertz CT molecular complexity index is 480. The Kier molecular flexibility index (Phi) is 3.14. The topological polar surface area (TPSA) is 56.7 Å². The zero-order valence-electron chi connectivity index (χ0n) is 11.4. The molecule has 19 heavy (non-hydrogen) atoms. The molecule has 1 amide bonds. The van der Waals surface area contributed by atoms with E-state index in [1.54, 1.807) is 0 Å². The van der Waals surface area contributed by atoms with Crippen molar-refractivity contribution in [1.82, 2.24) is 15.8 Å². The number of rotatable bonds is 2. The van der Waals surface area contributed by atoms with Crippen LogP contribution in [0.5, 0.6) is 0 Å². The van der Waals surface area contributed by atoms with Gasteiger partial charge in [0.05, 0.1) is 6.42 Å². The second-order valence-electron chi connectivity index (χ2n) is 5.28. The fourth-order valence-electron chi connectivity index (χ4n) is 3.26. The smallest absolute Gasteiger partial charge is 0.224 e. The first-order valence-corrected chi connectivity index (χ1v) is 6.94. The molecule has 5 nitrogen and oxygen atoms in total. The second-order valence-corrected chi connectivity index (χ2v) is 5.28. The lowest BCUT2D eigenvalue weighted by molar-refractivity contribution is -0.122. The van der Waals surface area contributed by atoms with Crippen molar-refractivity contribution in [3.8, 4) is 0 Å². The van der Waals surface area contributed by atoms with Gasteiger partial charge in [-0.05, 0) is 18.1 Å². The number of nitrogens with one attached hydrogen (secondary N) is 2. The molecule has 2 N–H and O–H groups in total. The van der Waals surface area contributed by atoms with Gasteiger partial charge in [-0.15, -0.1) is 0 Å². The largest absolute Gasteiger partial charge is 0.352 e. The molecule has 0 aromatic carbocycles. The maximum atomic E-state index is 11.7. The lowest BCUT2D eigenvalue weighted by Gasteiger charge is -2.44. The average molecular weight is 260 g/mol. The fraction of sp³-hybridized carbons (Fsp3) is 0.571. The SMILES string of the molecule is CCNN1C=C2CC(=O)NC(C)C2C2=CCC=NC21. The maximum absolute atomic E-state index is 11.7. The molecule has 5 heteroatoms. The van der Waals surface area contributed by atoms with Gasteiger partial charge in [-0.3, -0.25) is 14.8 Å². The number of hydrogen-bond acceptors (Lipinski definition) is 4.